The molecule has 134 valence electrons. The molecule has 0 aromatic carbocycles. The Morgan fingerprint density at radius 1 is 1.16 bits per heavy atom. The minimum absolute atomic E-state index is 0.300. The average molecular weight is 341 g/mol. The van der Waals surface area contributed by atoms with E-state index < -0.39 is 0 Å². The van der Waals surface area contributed by atoms with Crippen LogP contribution in [0.5, 0.6) is 0 Å². The van der Waals surface area contributed by atoms with Gasteiger partial charge in [-0.05, 0) is 32.9 Å². The summed E-state index contributed by atoms with van der Waals surface area (Å²) in [6.07, 6.45) is 4.14. The molecule has 3 rings (SSSR count). The first-order valence-corrected chi connectivity index (χ1v) is 8.86. The van der Waals surface area contributed by atoms with Crippen LogP contribution in [-0.2, 0) is 4.74 Å². The highest BCUT2D eigenvalue weighted by atomic mass is 16.5. The Labute approximate surface area is 149 Å². The molecule has 2 aromatic heterocycles. The summed E-state index contributed by atoms with van der Waals surface area (Å²) in [4.78, 5) is 18.0. The number of aromatic nitrogens is 3. The summed E-state index contributed by atoms with van der Waals surface area (Å²) < 4.78 is 5.81. The number of morpholine rings is 1. The monoisotopic (exact) mass is 341 g/mol. The van der Waals surface area contributed by atoms with E-state index in [2.05, 4.69) is 40.7 Å². The van der Waals surface area contributed by atoms with Crippen molar-refractivity contribution in [2.45, 2.75) is 33.0 Å². The van der Waals surface area contributed by atoms with E-state index >= 15 is 0 Å². The van der Waals surface area contributed by atoms with Crippen LogP contribution in [0.25, 0.3) is 11.4 Å². The summed E-state index contributed by atoms with van der Waals surface area (Å²) in [5.41, 5.74) is 1.96. The van der Waals surface area contributed by atoms with E-state index in [1.54, 1.807) is 12.4 Å². The number of hydrogen-bond donors (Lipinski definition) is 0. The van der Waals surface area contributed by atoms with E-state index in [1.807, 2.05) is 25.1 Å². The lowest BCUT2D eigenvalue weighted by Gasteiger charge is -2.36. The molecular weight excluding hydrogens is 314 g/mol. The second-order valence-electron chi connectivity index (χ2n) is 6.87. The maximum Gasteiger partial charge on any atom is 0.161 e. The van der Waals surface area contributed by atoms with Gasteiger partial charge in [-0.15, -0.1) is 0 Å². The minimum atomic E-state index is 0.300. The predicted molar refractivity (Wildman–Crippen MR) is 99.7 cm³/mol. The fourth-order valence-electron chi connectivity index (χ4n) is 3.25. The first kappa shape index (κ1) is 17.8. The van der Waals surface area contributed by atoms with Gasteiger partial charge in [-0.2, -0.15) is 0 Å². The summed E-state index contributed by atoms with van der Waals surface area (Å²) in [5, 5.41) is 0. The number of anilines is 1. The first-order valence-electron chi connectivity index (χ1n) is 8.86. The van der Waals surface area contributed by atoms with Gasteiger partial charge in [0.1, 0.15) is 5.82 Å². The molecule has 0 aliphatic carbocycles. The van der Waals surface area contributed by atoms with E-state index in [0.29, 0.717) is 12.2 Å². The van der Waals surface area contributed by atoms with Gasteiger partial charge in [-0.25, -0.2) is 9.97 Å². The SMILES string of the molecule is Cc1cc(N(C)CCN2C[C@@H](C)O[C@@H](C)C2)nc(-c2ccncc2)n1. The molecule has 6 nitrogen and oxygen atoms in total. The van der Waals surface area contributed by atoms with Gasteiger partial charge < -0.3 is 9.64 Å². The van der Waals surface area contributed by atoms with Crippen LogP contribution in [0.3, 0.4) is 0 Å². The summed E-state index contributed by atoms with van der Waals surface area (Å²) in [6, 6.07) is 5.92. The molecule has 2 atom stereocenters. The second kappa shape index (κ2) is 7.89. The molecule has 25 heavy (non-hydrogen) atoms. The maximum absolute atomic E-state index is 5.81. The summed E-state index contributed by atoms with van der Waals surface area (Å²) in [7, 11) is 2.09. The van der Waals surface area contributed by atoms with Crippen molar-refractivity contribution in [2.75, 3.05) is 38.1 Å². The lowest BCUT2D eigenvalue weighted by atomic mass is 10.2. The number of hydrogen-bond acceptors (Lipinski definition) is 6. The Morgan fingerprint density at radius 3 is 2.52 bits per heavy atom. The van der Waals surface area contributed by atoms with Gasteiger partial charge in [0, 0.05) is 62.9 Å². The number of likely N-dealkylation sites (N-methyl/N-ethyl adjacent to an activating group) is 1. The van der Waals surface area contributed by atoms with Crippen LogP contribution >= 0.6 is 0 Å². The van der Waals surface area contributed by atoms with Crippen LogP contribution in [0.1, 0.15) is 19.5 Å². The molecule has 0 spiro atoms. The molecule has 1 fully saturated rings. The highest BCUT2D eigenvalue weighted by molar-refractivity contribution is 5.57. The second-order valence-corrected chi connectivity index (χ2v) is 6.87. The Hall–Kier alpha value is -2.05. The topological polar surface area (TPSA) is 54.4 Å². The largest absolute Gasteiger partial charge is 0.373 e. The van der Waals surface area contributed by atoms with Gasteiger partial charge in [0.25, 0.3) is 0 Å². The van der Waals surface area contributed by atoms with Gasteiger partial charge in [-0.1, -0.05) is 0 Å². The van der Waals surface area contributed by atoms with Crippen molar-refractivity contribution in [3.05, 3.63) is 36.3 Å². The van der Waals surface area contributed by atoms with Crippen LogP contribution < -0.4 is 4.90 Å². The van der Waals surface area contributed by atoms with Crippen LogP contribution in [0, 0.1) is 6.92 Å². The zero-order chi connectivity index (χ0) is 17.8. The van der Waals surface area contributed by atoms with Crippen LogP contribution in [0.2, 0.25) is 0 Å². The average Bonchev–Trinajstić information content (AvgIpc) is 2.59. The predicted octanol–water partition coefficient (Wildman–Crippen LogP) is 2.39. The van der Waals surface area contributed by atoms with Crippen LogP contribution in [-0.4, -0.2) is 65.3 Å². The molecule has 0 bridgehead atoms. The van der Waals surface area contributed by atoms with Crippen molar-refractivity contribution in [3.8, 4) is 11.4 Å². The van der Waals surface area contributed by atoms with E-state index in [-0.39, 0.29) is 0 Å². The lowest BCUT2D eigenvalue weighted by Crippen LogP contribution is -2.47. The summed E-state index contributed by atoms with van der Waals surface area (Å²) in [6.45, 7) is 10.2. The van der Waals surface area contributed by atoms with E-state index in [9.17, 15) is 0 Å². The molecule has 6 heteroatoms. The number of rotatable bonds is 5. The van der Waals surface area contributed by atoms with Crippen molar-refractivity contribution >= 4 is 5.82 Å². The number of aryl methyl sites for hydroxylation is 1. The molecule has 1 aliphatic rings. The van der Waals surface area contributed by atoms with Crippen LogP contribution in [0.4, 0.5) is 5.82 Å². The first-order chi connectivity index (χ1) is 12.0. The Bertz CT molecular complexity index is 683. The van der Waals surface area contributed by atoms with Crippen molar-refractivity contribution in [1.29, 1.82) is 0 Å². The van der Waals surface area contributed by atoms with Gasteiger partial charge in [0.15, 0.2) is 5.82 Å². The molecule has 0 unspecified atom stereocenters. The Kier molecular flexibility index (Phi) is 5.60. The highest BCUT2D eigenvalue weighted by Crippen LogP contribution is 2.19. The smallest absolute Gasteiger partial charge is 0.161 e. The summed E-state index contributed by atoms with van der Waals surface area (Å²) in [5.74, 6) is 1.70. The molecule has 1 aliphatic heterocycles. The van der Waals surface area contributed by atoms with Crippen molar-refractivity contribution in [3.63, 3.8) is 0 Å². The van der Waals surface area contributed by atoms with E-state index in [0.717, 1.165) is 49.1 Å². The molecular formula is C19H27N5O. The summed E-state index contributed by atoms with van der Waals surface area (Å²) >= 11 is 0. The Morgan fingerprint density at radius 2 is 1.84 bits per heavy atom. The number of ether oxygens (including phenoxy) is 1. The molecule has 0 radical (unpaired) electrons. The van der Waals surface area contributed by atoms with Crippen molar-refractivity contribution in [1.82, 2.24) is 19.9 Å². The third kappa shape index (κ3) is 4.74. The van der Waals surface area contributed by atoms with Crippen LogP contribution in [0.15, 0.2) is 30.6 Å². The van der Waals surface area contributed by atoms with Gasteiger partial charge in [0.2, 0.25) is 0 Å². The van der Waals surface area contributed by atoms with Crippen molar-refractivity contribution in [2.24, 2.45) is 0 Å². The molecule has 0 amide bonds. The Balaban J connectivity index is 1.68. The molecule has 3 heterocycles. The minimum Gasteiger partial charge on any atom is -0.373 e. The molecule has 0 N–H and O–H groups in total. The number of nitrogens with zero attached hydrogens (tertiary/aromatic N) is 5. The van der Waals surface area contributed by atoms with Gasteiger partial charge in [0.05, 0.1) is 12.2 Å². The fourth-order valence-corrected chi connectivity index (χ4v) is 3.25. The zero-order valence-corrected chi connectivity index (χ0v) is 15.5. The van der Waals surface area contributed by atoms with E-state index in [4.69, 9.17) is 9.72 Å². The fraction of sp³-hybridized carbons (Fsp3) is 0.526. The zero-order valence-electron chi connectivity index (χ0n) is 15.5. The molecule has 0 saturated carbocycles. The normalized spacial score (nSPS) is 21.3. The lowest BCUT2D eigenvalue weighted by molar-refractivity contribution is -0.0670. The number of pyridine rings is 1. The van der Waals surface area contributed by atoms with Gasteiger partial charge >= 0.3 is 0 Å². The highest BCUT2D eigenvalue weighted by Gasteiger charge is 2.22. The quantitative estimate of drug-likeness (QED) is 0.832. The third-order valence-corrected chi connectivity index (χ3v) is 4.42. The third-order valence-electron chi connectivity index (χ3n) is 4.42. The molecule has 2 aromatic rings. The maximum atomic E-state index is 5.81. The standard InChI is InChI=1S/C19H27N5O/c1-14-11-18(22-19(21-14)17-5-7-20-8-6-17)23(4)9-10-24-12-15(2)25-16(3)13-24/h5-8,11,15-16H,9-10,12-13H2,1-4H3/t15-,16+. The van der Waals surface area contributed by atoms with Gasteiger partial charge in [-0.3, -0.25) is 9.88 Å². The van der Waals surface area contributed by atoms with E-state index in [1.165, 1.54) is 0 Å². The molecule has 1 saturated heterocycles. The van der Waals surface area contributed by atoms with Crippen molar-refractivity contribution < 1.29 is 4.74 Å².